The number of fused-ring (bicyclic) bond motifs is 1. The summed E-state index contributed by atoms with van der Waals surface area (Å²) in [7, 11) is 2.02. The molecule has 7 nitrogen and oxygen atoms in total. The van der Waals surface area contributed by atoms with Crippen LogP contribution in [0.3, 0.4) is 0 Å². The van der Waals surface area contributed by atoms with Gasteiger partial charge in [-0.2, -0.15) is 0 Å². The van der Waals surface area contributed by atoms with Crippen LogP contribution in [0.2, 0.25) is 0 Å². The number of aliphatic hydroxyl groups excluding tert-OH is 1. The molecule has 0 radical (unpaired) electrons. The summed E-state index contributed by atoms with van der Waals surface area (Å²) in [6, 6.07) is 0.199. The van der Waals surface area contributed by atoms with Gasteiger partial charge in [0.05, 0.1) is 24.4 Å². The predicted molar refractivity (Wildman–Crippen MR) is 114 cm³/mol. The Morgan fingerprint density at radius 3 is 2.93 bits per heavy atom. The molecule has 0 unspecified atom stereocenters. The molecule has 4 heterocycles. The smallest absolute Gasteiger partial charge is 0.269 e. The molecule has 0 aromatic carbocycles. The highest BCUT2D eigenvalue weighted by atomic mass is 35.5. The van der Waals surface area contributed by atoms with Crippen LogP contribution in [-0.4, -0.2) is 76.0 Å². The van der Waals surface area contributed by atoms with E-state index in [0.29, 0.717) is 17.0 Å². The summed E-state index contributed by atoms with van der Waals surface area (Å²) in [6.45, 7) is 5.40. The number of β-lactam (4-membered cyclic amide) rings is 1. The third-order valence-electron chi connectivity index (χ3n) is 6.25. The first-order valence-electron chi connectivity index (χ1n) is 10.0. The van der Waals surface area contributed by atoms with Gasteiger partial charge < -0.3 is 20.2 Å². The van der Waals surface area contributed by atoms with Gasteiger partial charge >= 0.3 is 0 Å². The minimum Gasteiger partial charge on any atom is -0.393 e. The third kappa shape index (κ3) is 3.76. The standard InChI is InChI=1S/C20H27ClN4O3S/c1-10-16-15(11(2)26)20(28)25(16)17(19(21)27)18(10)29-14-5-13(23-7-14)4-12-6-22-9-24(3)8-12/h6,9-11,13-16,23,26H,4-5,7-8H2,1-3H3/t10-,11-,13-,14+,15-,16-/m1/s1. The first kappa shape index (κ1) is 20.9. The normalized spacial score (nSPS) is 35.0. The second-order valence-electron chi connectivity index (χ2n) is 8.49. The number of nitrogens with one attached hydrogen (secondary N) is 1. The first-order valence-corrected chi connectivity index (χ1v) is 11.3. The molecule has 9 heteroatoms. The van der Waals surface area contributed by atoms with E-state index in [2.05, 4.69) is 15.2 Å². The van der Waals surface area contributed by atoms with Crippen molar-refractivity contribution in [1.29, 1.82) is 0 Å². The molecule has 2 saturated heterocycles. The topological polar surface area (TPSA) is 85.2 Å². The van der Waals surface area contributed by atoms with Gasteiger partial charge in [-0.15, -0.1) is 11.8 Å². The van der Waals surface area contributed by atoms with Gasteiger partial charge in [0.2, 0.25) is 5.91 Å². The highest BCUT2D eigenvalue weighted by molar-refractivity contribution is 8.03. The molecule has 2 fully saturated rings. The van der Waals surface area contributed by atoms with Crippen LogP contribution in [0.25, 0.3) is 0 Å². The number of hydrogen-bond acceptors (Lipinski definition) is 7. The maximum absolute atomic E-state index is 12.5. The van der Waals surface area contributed by atoms with Crippen LogP contribution in [-0.2, 0) is 9.59 Å². The van der Waals surface area contributed by atoms with Crippen molar-refractivity contribution >= 4 is 40.9 Å². The Hall–Kier alpha value is -1.35. The fourth-order valence-corrected chi connectivity index (χ4v) is 6.73. The van der Waals surface area contributed by atoms with E-state index in [1.54, 1.807) is 18.7 Å². The van der Waals surface area contributed by atoms with Gasteiger partial charge in [-0.1, -0.05) is 6.92 Å². The van der Waals surface area contributed by atoms with Gasteiger partial charge in [-0.25, -0.2) is 4.99 Å². The summed E-state index contributed by atoms with van der Waals surface area (Å²) in [5.74, 6) is -0.662. The van der Waals surface area contributed by atoms with Gasteiger partial charge in [0.1, 0.15) is 5.70 Å². The quantitative estimate of drug-likeness (QED) is 0.483. The average molecular weight is 439 g/mol. The van der Waals surface area contributed by atoms with E-state index in [9.17, 15) is 14.7 Å². The molecule has 4 aliphatic heterocycles. The number of halogens is 1. The van der Waals surface area contributed by atoms with Gasteiger partial charge in [0.25, 0.3) is 5.24 Å². The molecule has 4 aliphatic rings. The lowest BCUT2D eigenvalue weighted by Crippen LogP contribution is -2.63. The van der Waals surface area contributed by atoms with E-state index >= 15 is 0 Å². The lowest BCUT2D eigenvalue weighted by molar-refractivity contribution is -0.160. The zero-order chi connectivity index (χ0) is 20.9. The van der Waals surface area contributed by atoms with Crippen LogP contribution >= 0.6 is 23.4 Å². The largest absolute Gasteiger partial charge is 0.393 e. The van der Waals surface area contributed by atoms with Gasteiger partial charge in [-0.05, 0) is 36.9 Å². The second-order valence-corrected chi connectivity index (χ2v) is 10.2. The number of aliphatic hydroxyl groups is 1. The van der Waals surface area contributed by atoms with Gasteiger partial charge in [0, 0.05) is 48.5 Å². The molecule has 0 aromatic rings. The second kappa shape index (κ2) is 8.06. The van der Waals surface area contributed by atoms with Crippen molar-refractivity contribution in [2.75, 3.05) is 20.1 Å². The number of thioether (sulfide) groups is 1. The maximum Gasteiger partial charge on any atom is 0.269 e. The molecular weight excluding hydrogens is 412 g/mol. The van der Waals surface area contributed by atoms with E-state index in [4.69, 9.17) is 11.6 Å². The summed E-state index contributed by atoms with van der Waals surface area (Å²) < 4.78 is 0. The molecule has 29 heavy (non-hydrogen) atoms. The van der Waals surface area contributed by atoms with Crippen molar-refractivity contribution < 1.29 is 14.7 Å². The number of hydrogen-bond donors (Lipinski definition) is 2. The number of amides is 1. The molecule has 6 atom stereocenters. The van der Waals surface area contributed by atoms with Crippen molar-refractivity contribution in [3.63, 3.8) is 0 Å². The van der Waals surface area contributed by atoms with Crippen LogP contribution in [0.5, 0.6) is 0 Å². The molecule has 4 rings (SSSR count). The van der Waals surface area contributed by atoms with Crippen molar-refractivity contribution in [2.45, 2.75) is 50.1 Å². The molecule has 1 amide bonds. The fraction of sp³-hybridized carbons (Fsp3) is 0.650. The average Bonchev–Trinajstić information content (AvgIpc) is 3.16. The Kier molecular flexibility index (Phi) is 5.81. The van der Waals surface area contributed by atoms with Gasteiger partial charge in [-0.3, -0.25) is 9.59 Å². The maximum atomic E-state index is 12.5. The van der Waals surface area contributed by atoms with Crippen LogP contribution in [0.4, 0.5) is 0 Å². The number of rotatable bonds is 6. The summed E-state index contributed by atoms with van der Waals surface area (Å²) in [5, 5.41) is 13.3. The van der Waals surface area contributed by atoms with Crippen LogP contribution < -0.4 is 5.32 Å². The third-order valence-corrected chi connectivity index (χ3v) is 7.94. The minimum atomic E-state index is -0.732. The number of nitrogens with zero attached hydrogens (tertiary/aromatic N) is 3. The minimum absolute atomic E-state index is 0.00177. The van der Waals surface area contributed by atoms with E-state index in [0.717, 1.165) is 30.8 Å². The lowest BCUT2D eigenvalue weighted by atomic mass is 9.79. The number of carbonyl (C=O) groups is 2. The van der Waals surface area contributed by atoms with Crippen LogP contribution in [0.1, 0.15) is 26.7 Å². The SMILES string of the molecule is C[C@@H](O)[C@H]1C(=O)N2C(C(=O)Cl)=C(S[C@@H]3CN[C@H](CC4=CN=CN(C)C4)C3)[C@H](C)[C@H]12. The van der Waals surface area contributed by atoms with Crippen LogP contribution in [0, 0.1) is 11.8 Å². The number of aliphatic imine (C=N–C) groups is 1. The summed E-state index contributed by atoms with van der Waals surface area (Å²) in [5.41, 5.74) is 1.63. The molecule has 0 aromatic heterocycles. The van der Waals surface area contributed by atoms with Crippen molar-refractivity contribution in [2.24, 2.45) is 16.8 Å². The van der Waals surface area contributed by atoms with Crippen molar-refractivity contribution in [3.05, 3.63) is 22.4 Å². The van der Waals surface area contributed by atoms with E-state index in [-0.39, 0.29) is 17.9 Å². The van der Waals surface area contributed by atoms with Crippen molar-refractivity contribution in [1.82, 2.24) is 15.1 Å². The summed E-state index contributed by atoms with van der Waals surface area (Å²) >= 11 is 7.55. The first-order chi connectivity index (χ1) is 13.8. The fourth-order valence-electron chi connectivity index (χ4n) is 4.96. The number of likely N-dealkylation sites (N-methyl/N-ethyl adjacent to an activating group) is 1. The molecule has 0 saturated carbocycles. The van der Waals surface area contributed by atoms with E-state index in [1.807, 2.05) is 26.5 Å². The Labute approximate surface area is 180 Å². The lowest BCUT2D eigenvalue weighted by Gasteiger charge is -2.46. The zero-order valence-electron chi connectivity index (χ0n) is 16.8. The Morgan fingerprint density at radius 1 is 1.52 bits per heavy atom. The molecule has 0 spiro atoms. The van der Waals surface area contributed by atoms with Gasteiger partial charge in [0.15, 0.2) is 0 Å². The molecule has 2 N–H and O–H groups in total. The van der Waals surface area contributed by atoms with Crippen molar-refractivity contribution in [3.8, 4) is 0 Å². The highest BCUT2D eigenvalue weighted by Gasteiger charge is 2.59. The molecule has 0 bridgehead atoms. The number of carbonyl (C=O) groups excluding carboxylic acids is 2. The number of allylic oxidation sites excluding steroid dienone is 1. The van der Waals surface area contributed by atoms with E-state index in [1.165, 1.54) is 10.5 Å². The van der Waals surface area contributed by atoms with Crippen LogP contribution in [0.15, 0.2) is 27.4 Å². The monoisotopic (exact) mass is 438 g/mol. The summed E-state index contributed by atoms with van der Waals surface area (Å²) in [4.78, 5) is 33.4. The highest BCUT2D eigenvalue weighted by Crippen LogP contribution is 2.52. The summed E-state index contributed by atoms with van der Waals surface area (Å²) in [6.07, 6.45) is 4.97. The predicted octanol–water partition coefficient (Wildman–Crippen LogP) is 1.53. The Balaban J connectivity index is 1.44. The molecule has 0 aliphatic carbocycles. The van der Waals surface area contributed by atoms with E-state index < -0.39 is 17.3 Å². The molecular formula is C20H27ClN4O3S. The Morgan fingerprint density at radius 2 is 2.28 bits per heavy atom. The Bertz CT molecular complexity index is 812. The molecule has 158 valence electrons. The zero-order valence-corrected chi connectivity index (χ0v) is 18.4.